The number of hydrogen-bond donors (Lipinski definition) is 2. The average molecular weight is 335 g/mol. The van der Waals surface area contributed by atoms with E-state index in [9.17, 15) is 4.79 Å². The number of aromatic nitrogens is 2. The van der Waals surface area contributed by atoms with Gasteiger partial charge in [0, 0.05) is 18.5 Å². The maximum absolute atomic E-state index is 12.3. The maximum Gasteiger partial charge on any atom is 0.225 e. The van der Waals surface area contributed by atoms with Gasteiger partial charge in [-0.15, -0.1) is 12.4 Å². The molecule has 0 spiro atoms. The van der Waals surface area contributed by atoms with Gasteiger partial charge < -0.3 is 11.1 Å². The number of amides is 1. The van der Waals surface area contributed by atoms with Crippen molar-refractivity contribution in [2.24, 2.45) is 11.7 Å². The van der Waals surface area contributed by atoms with E-state index in [1.165, 1.54) is 0 Å². The molecule has 3 rings (SSSR count). The molecule has 0 bridgehead atoms. The molecule has 2 atom stereocenters. The van der Waals surface area contributed by atoms with Gasteiger partial charge in [0.2, 0.25) is 5.91 Å². The largest absolute Gasteiger partial charge is 0.327 e. The van der Waals surface area contributed by atoms with Crippen molar-refractivity contribution < 1.29 is 4.79 Å². The molecule has 1 amide bonds. The number of carbonyl (C=O) groups is 1. The van der Waals surface area contributed by atoms with Crippen molar-refractivity contribution in [2.45, 2.75) is 38.6 Å². The highest BCUT2D eigenvalue weighted by Gasteiger charge is 2.26. The number of carbonyl (C=O) groups excluding carboxylic acids is 1. The van der Waals surface area contributed by atoms with Crippen LogP contribution in [0.5, 0.6) is 0 Å². The lowest BCUT2D eigenvalue weighted by atomic mass is 10.00. The molecule has 1 aliphatic carbocycles. The van der Waals surface area contributed by atoms with Crippen molar-refractivity contribution in [3.63, 3.8) is 0 Å². The Bertz CT molecular complexity index is 670. The van der Waals surface area contributed by atoms with Gasteiger partial charge in [0.05, 0.1) is 11.9 Å². The van der Waals surface area contributed by atoms with Crippen LogP contribution in [0.1, 0.15) is 31.2 Å². The van der Waals surface area contributed by atoms with Crippen molar-refractivity contribution in [1.82, 2.24) is 9.78 Å². The Morgan fingerprint density at radius 2 is 2.13 bits per heavy atom. The quantitative estimate of drug-likeness (QED) is 0.902. The van der Waals surface area contributed by atoms with Gasteiger partial charge in [0.1, 0.15) is 5.82 Å². The lowest BCUT2D eigenvalue weighted by molar-refractivity contribution is -0.117. The van der Waals surface area contributed by atoms with Crippen molar-refractivity contribution in [3.8, 4) is 5.69 Å². The highest BCUT2D eigenvalue weighted by atomic mass is 35.5. The first kappa shape index (κ1) is 17.5. The average Bonchev–Trinajstić information content (AvgIpc) is 3.10. The van der Waals surface area contributed by atoms with E-state index < -0.39 is 0 Å². The Kier molecular flexibility index (Phi) is 5.80. The van der Waals surface area contributed by atoms with Crippen molar-refractivity contribution in [1.29, 1.82) is 0 Å². The standard InChI is InChI=1S/C17H22N4O.ClH/c1-12-5-2-3-8-15(12)21-16(9-10-19-21)20-17(22)11-13-6-4-7-14(13)18;/h2-3,5,8-10,13-14H,4,6-7,11,18H2,1H3,(H,20,22);1H/t13-,14+;/m0./s1. The van der Waals surface area contributed by atoms with E-state index in [4.69, 9.17) is 5.73 Å². The molecule has 2 aromatic rings. The fourth-order valence-electron chi connectivity index (χ4n) is 3.14. The monoisotopic (exact) mass is 334 g/mol. The molecule has 1 fully saturated rings. The van der Waals surface area contributed by atoms with E-state index in [2.05, 4.69) is 10.4 Å². The molecule has 3 N–H and O–H groups in total. The van der Waals surface area contributed by atoms with Crippen LogP contribution in [-0.4, -0.2) is 21.7 Å². The minimum atomic E-state index is 0. The zero-order valence-electron chi connectivity index (χ0n) is 13.2. The summed E-state index contributed by atoms with van der Waals surface area (Å²) < 4.78 is 1.77. The summed E-state index contributed by atoms with van der Waals surface area (Å²) >= 11 is 0. The van der Waals surface area contributed by atoms with Crippen LogP contribution >= 0.6 is 12.4 Å². The molecular weight excluding hydrogens is 312 g/mol. The van der Waals surface area contributed by atoms with Gasteiger partial charge in [-0.2, -0.15) is 5.10 Å². The summed E-state index contributed by atoms with van der Waals surface area (Å²) in [5.41, 5.74) is 8.13. The van der Waals surface area contributed by atoms with E-state index in [0.29, 0.717) is 18.2 Å². The third-order valence-corrected chi connectivity index (χ3v) is 4.42. The molecule has 124 valence electrons. The minimum Gasteiger partial charge on any atom is -0.327 e. The maximum atomic E-state index is 12.3. The van der Waals surface area contributed by atoms with Crippen LogP contribution in [0, 0.1) is 12.8 Å². The second-order valence-corrected chi connectivity index (χ2v) is 6.02. The molecule has 0 saturated heterocycles. The summed E-state index contributed by atoms with van der Waals surface area (Å²) in [7, 11) is 0. The highest BCUT2D eigenvalue weighted by Crippen LogP contribution is 2.27. The second kappa shape index (κ2) is 7.62. The molecule has 5 nitrogen and oxygen atoms in total. The first-order valence-electron chi connectivity index (χ1n) is 7.80. The summed E-state index contributed by atoms with van der Waals surface area (Å²) in [6.07, 6.45) is 5.38. The molecule has 0 aliphatic heterocycles. The van der Waals surface area contributed by atoms with Crippen LogP contribution in [0.25, 0.3) is 5.69 Å². The van der Waals surface area contributed by atoms with Crippen molar-refractivity contribution in [2.75, 3.05) is 5.32 Å². The Morgan fingerprint density at radius 1 is 1.35 bits per heavy atom. The van der Waals surface area contributed by atoms with Gasteiger partial charge >= 0.3 is 0 Å². The molecule has 0 unspecified atom stereocenters. The summed E-state index contributed by atoms with van der Waals surface area (Å²) in [5, 5.41) is 7.29. The number of anilines is 1. The van der Waals surface area contributed by atoms with Crippen LogP contribution < -0.4 is 11.1 Å². The first-order chi connectivity index (χ1) is 10.6. The summed E-state index contributed by atoms with van der Waals surface area (Å²) in [5.74, 6) is 1.01. The lowest BCUT2D eigenvalue weighted by Gasteiger charge is -2.15. The predicted molar refractivity (Wildman–Crippen MR) is 94.1 cm³/mol. The van der Waals surface area contributed by atoms with E-state index in [-0.39, 0.29) is 24.4 Å². The Labute approximate surface area is 142 Å². The van der Waals surface area contributed by atoms with E-state index in [1.807, 2.05) is 37.3 Å². The molecule has 1 aliphatic rings. The fraction of sp³-hybridized carbons (Fsp3) is 0.412. The molecule has 0 radical (unpaired) electrons. The molecular formula is C17H23ClN4O. The van der Waals surface area contributed by atoms with Crippen molar-refractivity contribution in [3.05, 3.63) is 42.1 Å². The minimum absolute atomic E-state index is 0. The highest BCUT2D eigenvalue weighted by molar-refractivity contribution is 5.90. The number of aryl methyl sites for hydroxylation is 1. The number of hydrogen-bond acceptors (Lipinski definition) is 3. The summed E-state index contributed by atoms with van der Waals surface area (Å²) in [6, 6.07) is 9.95. The van der Waals surface area contributed by atoms with Crippen LogP contribution in [0.4, 0.5) is 5.82 Å². The molecule has 6 heteroatoms. The van der Waals surface area contributed by atoms with Gasteiger partial charge in [0.25, 0.3) is 0 Å². The molecule has 1 aromatic heterocycles. The second-order valence-electron chi connectivity index (χ2n) is 6.02. The van der Waals surface area contributed by atoms with Crippen LogP contribution in [0.3, 0.4) is 0 Å². The van der Waals surface area contributed by atoms with Crippen LogP contribution in [0.2, 0.25) is 0 Å². The number of halogens is 1. The third kappa shape index (κ3) is 3.92. The third-order valence-electron chi connectivity index (χ3n) is 4.42. The normalized spacial score (nSPS) is 20.1. The molecule has 1 aromatic carbocycles. The zero-order valence-corrected chi connectivity index (χ0v) is 14.1. The number of para-hydroxylation sites is 1. The number of nitrogens with one attached hydrogen (secondary N) is 1. The molecule has 1 saturated carbocycles. The number of rotatable bonds is 4. The first-order valence-corrected chi connectivity index (χ1v) is 7.80. The smallest absolute Gasteiger partial charge is 0.225 e. The Balaban J connectivity index is 0.00000192. The fourth-order valence-corrected chi connectivity index (χ4v) is 3.14. The van der Waals surface area contributed by atoms with Gasteiger partial charge in [-0.1, -0.05) is 24.6 Å². The summed E-state index contributed by atoms with van der Waals surface area (Å²) in [4.78, 5) is 12.3. The summed E-state index contributed by atoms with van der Waals surface area (Å²) in [6.45, 7) is 2.03. The Hall–Kier alpha value is -1.85. The topological polar surface area (TPSA) is 72.9 Å². The van der Waals surface area contributed by atoms with E-state index in [0.717, 1.165) is 30.5 Å². The van der Waals surface area contributed by atoms with Crippen molar-refractivity contribution >= 4 is 24.1 Å². The number of benzene rings is 1. The number of nitrogens with two attached hydrogens (primary N) is 1. The zero-order chi connectivity index (χ0) is 15.5. The van der Waals surface area contributed by atoms with Gasteiger partial charge in [-0.25, -0.2) is 4.68 Å². The van der Waals surface area contributed by atoms with Gasteiger partial charge in [0.15, 0.2) is 0 Å². The van der Waals surface area contributed by atoms with Crippen LogP contribution in [-0.2, 0) is 4.79 Å². The van der Waals surface area contributed by atoms with E-state index >= 15 is 0 Å². The number of nitrogens with zero attached hydrogens (tertiary/aromatic N) is 2. The van der Waals surface area contributed by atoms with Gasteiger partial charge in [-0.3, -0.25) is 4.79 Å². The van der Waals surface area contributed by atoms with Gasteiger partial charge in [-0.05, 0) is 37.3 Å². The SMILES string of the molecule is Cc1ccccc1-n1nccc1NC(=O)C[C@@H]1CCC[C@H]1N.Cl. The lowest BCUT2D eigenvalue weighted by Crippen LogP contribution is -2.28. The van der Waals surface area contributed by atoms with E-state index in [1.54, 1.807) is 10.9 Å². The Morgan fingerprint density at radius 3 is 2.83 bits per heavy atom. The van der Waals surface area contributed by atoms with Crippen LogP contribution in [0.15, 0.2) is 36.5 Å². The predicted octanol–water partition coefficient (Wildman–Crippen LogP) is 3.06. The molecule has 23 heavy (non-hydrogen) atoms. The molecule has 1 heterocycles.